The van der Waals surface area contributed by atoms with E-state index in [0.717, 1.165) is 11.6 Å². The van der Waals surface area contributed by atoms with Gasteiger partial charge in [-0.15, -0.1) is 0 Å². The number of aromatic carboxylic acids is 1. The Morgan fingerprint density at radius 1 is 0.719 bits per heavy atom. The molecule has 0 aliphatic rings. The van der Waals surface area contributed by atoms with Gasteiger partial charge >= 0.3 is 5.97 Å². The fourth-order valence-corrected chi connectivity index (χ4v) is 5.99. The van der Waals surface area contributed by atoms with Crippen LogP contribution in [0, 0.1) is 0 Å². The number of phenolic OH excluding ortho intramolecular Hbond substituents is 2. The number of H-pyrrole nitrogens is 1. The zero-order chi connectivity index (χ0) is 45.9. The zero-order valence-electron chi connectivity index (χ0n) is 34.1. The van der Waals surface area contributed by atoms with E-state index in [0.29, 0.717) is 17.0 Å². The molecule has 64 heavy (non-hydrogen) atoms. The minimum Gasteiger partial charge on any atom is -0.508 e. The fourth-order valence-electron chi connectivity index (χ4n) is 5.99. The van der Waals surface area contributed by atoms with E-state index in [4.69, 9.17) is 9.47 Å². The first kappa shape index (κ1) is 44.5. The molecule has 20 heteroatoms. The van der Waals surface area contributed by atoms with Gasteiger partial charge < -0.3 is 51.4 Å². The molecule has 0 unspecified atom stereocenters. The number of aromatic hydroxyl groups is 2. The molecule has 0 spiro atoms. The lowest BCUT2D eigenvalue weighted by Crippen LogP contribution is -2.45. The number of ether oxygens (including phenoxy) is 2. The summed E-state index contributed by atoms with van der Waals surface area (Å²) in [6.45, 7) is 1.64. The number of anilines is 4. The summed E-state index contributed by atoms with van der Waals surface area (Å²) in [5.74, 6) is -5.23. The molecule has 5 amide bonds. The summed E-state index contributed by atoms with van der Waals surface area (Å²) in [5, 5.41) is 53.2. The summed E-state index contributed by atoms with van der Waals surface area (Å²) >= 11 is 0. The van der Waals surface area contributed by atoms with E-state index in [1.807, 2.05) is 0 Å². The standard InChI is InChI=1S/C44H39N9O11/c1-23(20-24-4-14-30(54)15-5-24)38(56)46-27-10-6-26(7-11-27)40(58)50-35(21-29-22-45-53-52-29)42(60)47-28-12-8-25(9-13-28)39(57)48-32-17-16-31(36(55)37(32)63-2)41(59)49-33-18-19-34(44(61)62)51-43(33)64-3/h4-20,22,35,54-55H,21H2,1-3H3,(H,46,56)(H,47,60)(H,48,57)(H,49,59)(H,50,58)(H,61,62)(H,45,52,53)/b23-20+/t35-/m0/s1. The number of carboxylic acids is 1. The van der Waals surface area contributed by atoms with Crippen molar-refractivity contribution in [3.05, 3.63) is 142 Å². The predicted octanol–water partition coefficient (Wildman–Crippen LogP) is 4.85. The van der Waals surface area contributed by atoms with Crippen LogP contribution >= 0.6 is 0 Å². The van der Waals surface area contributed by atoms with Crippen LogP contribution in [0.15, 0.2) is 109 Å². The number of amides is 5. The third-order valence-corrected chi connectivity index (χ3v) is 9.30. The molecule has 0 aliphatic heterocycles. The lowest BCUT2D eigenvalue weighted by atomic mass is 10.1. The number of aromatic nitrogens is 4. The number of benzene rings is 4. The fraction of sp³-hybridized carbons (Fsp3) is 0.114. The summed E-state index contributed by atoms with van der Waals surface area (Å²) in [5.41, 5.74) is 2.06. The number of carbonyl (C=O) groups excluding carboxylic acids is 5. The van der Waals surface area contributed by atoms with E-state index in [9.17, 15) is 44.1 Å². The number of nitrogens with one attached hydrogen (secondary N) is 6. The smallest absolute Gasteiger partial charge is 0.354 e. The average molecular weight is 870 g/mol. The number of pyridine rings is 1. The zero-order valence-corrected chi connectivity index (χ0v) is 34.1. The number of rotatable bonds is 16. The molecule has 6 aromatic rings. The second-order valence-corrected chi connectivity index (χ2v) is 13.7. The molecule has 0 fully saturated rings. The van der Waals surface area contributed by atoms with E-state index in [-0.39, 0.29) is 69.2 Å². The van der Waals surface area contributed by atoms with Crippen LogP contribution in [0.1, 0.15) is 59.7 Å². The van der Waals surface area contributed by atoms with Gasteiger partial charge in [-0.1, -0.05) is 12.1 Å². The highest BCUT2D eigenvalue weighted by Gasteiger charge is 2.25. The molecule has 0 radical (unpaired) electrons. The second-order valence-electron chi connectivity index (χ2n) is 13.7. The van der Waals surface area contributed by atoms with Crippen LogP contribution in [0.4, 0.5) is 22.7 Å². The molecule has 4 aromatic carbocycles. The maximum absolute atomic E-state index is 13.6. The van der Waals surface area contributed by atoms with Gasteiger partial charge in [-0.05, 0) is 103 Å². The Bertz CT molecular complexity index is 2740. The molecule has 326 valence electrons. The van der Waals surface area contributed by atoms with E-state index in [1.54, 1.807) is 37.3 Å². The summed E-state index contributed by atoms with van der Waals surface area (Å²) in [6.07, 6.45) is 3.04. The van der Waals surface area contributed by atoms with Crippen molar-refractivity contribution >= 4 is 64.3 Å². The number of methoxy groups -OCH3 is 2. The molecule has 0 saturated heterocycles. The van der Waals surface area contributed by atoms with Gasteiger partial charge in [0, 0.05) is 34.5 Å². The highest BCUT2D eigenvalue weighted by molar-refractivity contribution is 6.10. The first-order valence-electron chi connectivity index (χ1n) is 19.0. The second kappa shape index (κ2) is 20.0. The summed E-state index contributed by atoms with van der Waals surface area (Å²) in [6, 6.07) is 22.1. The molecule has 0 bridgehead atoms. The Morgan fingerprint density at radius 3 is 1.95 bits per heavy atom. The highest BCUT2D eigenvalue weighted by atomic mass is 16.5. The van der Waals surface area contributed by atoms with Crippen molar-refractivity contribution in [2.45, 2.75) is 19.4 Å². The number of phenols is 2. The summed E-state index contributed by atoms with van der Waals surface area (Å²) in [7, 11) is 2.46. The quantitative estimate of drug-likeness (QED) is 0.0588. The van der Waals surface area contributed by atoms with E-state index in [2.05, 4.69) is 47.0 Å². The van der Waals surface area contributed by atoms with Gasteiger partial charge in [-0.2, -0.15) is 15.4 Å². The molecular weight excluding hydrogens is 831 g/mol. The number of nitrogens with zero attached hydrogens (tertiary/aromatic N) is 3. The maximum atomic E-state index is 13.6. The molecule has 6 rings (SSSR count). The van der Waals surface area contributed by atoms with Gasteiger partial charge in [0.2, 0.25) is 11.8 Å². The van der Waals surface area contributed by atoms with Gasteiger partial charge in [0.05, 0.1) is 37.4 Å². The van der Waals surface area contributed by atoms with Crippen molar-refractivity contribution in [2.24, 2.45) is 0 Å². The largest absolute Gasteiger partial charge is 0.508 e. The van der Waals surface area contributed by atoms with Crippen LogP contribution in [0.2, 0.25) is 0 Å². The number of hydrogen-bond acceptors (Lipinski definition) is 13. The monoisotopic (exact) mass is 869 g/mol. The van der Waals surface area contributed by atoms with Crippen molar-refractivity contribution in [1.82, 2.24) is 25.7 Å². The van der Waals surface area contributed by atoms with Gasteiger partial charge in [-0.3, -0.25) is 24.0 Å². The van der Waals surface area contributed by atoms with Gasteiger partial charge in [0.15, 0.2) is 17.2 Å². The Labute approximate surface area is 363 Å². The predicted molar refractivity (Wildman–Crippen MR) is 232 cm³/mol. The average Bonchev–Trinajstić information content (AvgIpc) is 3.80. The number of aromatic amines is 1. The van der Waals surface area contributed by atoms with Gasteiger partial charge in [0.1, 0.15) is 17.5 Å². The van der Waals surface area contributed by atoms with Crippen LogP contribution in [0.5, 0.6) is 23.1 Å². The van der Waals surface area contributed by atoms with E-state index >= 15 is 0 Å². The van der Waals surface area contributed by atoms with Crippen LogP contribution in [-0.2, 0) is 16.0 Å². The maximum Gasteiger partial charge on any atom is 0.354 e. The number of carboxylic acid groups (broad SMARTS) is 1. The van der Waals surface area contributed by atoms with Crippen LogP contribution in [0.25, 0.3) is 6.08 Å². The molecule has 2 heterocycles. The minimum atomic E-state index is -1.30. The van der Waals surface area contributed by atoms with Crippen LogP contribution in [0.3, 0.4) is 0 Å². The number of carbonyl (C=O) groups is 6. The lowest BCUT2D eigenvalue weighted by Gasteiger charge is -2.18. The van der Waals surface area contributed by atoms with Crippen molar-refractivity contribution in [2.75, 3.05) is 35.5 Å². The lowest BCUT2D eigenvalue weighted by molar-refractivity contribution is -0.118. The molecule has 20 nitrogen and oxygen atoms in total. The van der Waals surface area contributed by atoms with E-state index in [1.165, 1.54) is 87.1 Å². The van der Waals surface area contributed by atoms with Crippen LogP contribution < -0.4 is 36.1 Å². The van der Waals surface area contributed by atoms with Gasteiger partial charge in [-0.25, -0.2) is 9.78 Å². The van der Waals surface area contributed by atoms with Gasteiger partial charge in [0.25, 0.3) is 23.6 Å². The minimum absolute atomic E-state index is 0.0176. The van der Waals surface area contributed by atoms with E-state index < -0.39 is 41.4 Å². The third kappa shape index (κ3) is 11.0. The molecular formula is C44H39N9O11. The Hall–Kier alpha value is -9.07. The Morgan fingerprint density at radius 2 is 1.34 bits per heavy atom. The van der Waals surface area contributed by atoms with Crippen LogP contribution in [-0.4, -0.2) is 91.5 Å². The topological polar surface area (TPSA) is 296 Å². The molecule has 1 atom stereocenters. The van der Waals surface area contributed by atoms with Crippen molar-refractivity contribution in [3.8, 4) is 23.1 Å². The molecule has 2 aromatic heterocycles. The molecule has 0 aliphatic carbocycles. The summed E-state index contributed by atoms with van der Waals surface area (Å²) in [4.78, 5) is 81.2. The van der Waals surface area contributed by atoms with Crippen molar-refractivity contribution < 1.29 is 53.6 Å². The first-order valence-corrected chi connectivity index (χ1v) is 19.0. The molecule has 0 saturated carbocycles. The number of hydrogen-bond donors (Lipinski definition) is 9. The van der Waals surface area contributed by atoms with Crippen molar-refractivity contribution in [1.29, 1.82) is 0 Å². The Kier molecular flexibility index (Phi) is 13.9. The third-order valence-electron chi connectivity index (χ3n) is 9.30. The normalized spacial score (nSPS) is 11.4. The first-order chi connectivity index (χ1) is 30.7. The SMILES string of the molecule is COc1nc(C(=O)O)ccc1NC(=O)c1ccc(NC(=O)c2ccc(NC(=O)[C@H](Cc3cn[nH]n3)NC(=O)c3ccc(NC(=O)/C(C)=C/c4ccc(O)cc4)cc3)cc2)c(OC)c1O. The van der Waals surface area contributed by atoms with Crippen molar-refractivity contribution in [3.63, 3.8) is 0 Å². The Balaban J connectivity index is 1.08. The highest BCUT2D eigenvalue weighted by Crippen LogP contribution is 2.38. The summed E-state index contributed by atoms with van der Waals surface area (Å²) < 4.78 is 10.4. The molecule has 9 N–H and O–H groups in total.